The van der Waals surface area contributed by atoms with E-state index >= 15 is 0 Å². The number of nitrogens with zero attached hydrogens (tertiary/aromatic N) is 1. The van der Waals surface area contributed by atoms with E-state index in [0.717, 1.165) is 16.3 Å². The molecule has 0 aliphatic heterocycles. The molecule has 0 aliphatic rings. The number of furan rings is 1. The van der Waals surface area contributed by atoms with Gasteiger partial charge in [0.05, 0.1) is 22.8 Å². The van der Waals surface area contributed by atoms with E-state index in [-0.39, 0.29) is 13.2 Å². The van der Waals surface area contributed by atoms with Gasteiger partial charge in [0.15, 0.2) is 6.61 Å². The third-order valence-corrected chi connectivity index (χ3v) is 5.49. The lowest BCUT2D eigenvalue weighted by molar-refractivity contribution is -0.127. The van der Waals surface area contributed by atoms with Crippen molar-refractivity contribution in [2.24, 2.45) is 5.10 Å². The minimum atomic E-state index is -0.494. The van der Waals surface area contributed by atoms with Gasteiger partial charge in [0, 0.05) is 5.56 Å². The molecule has 0 atom stereocenters. The highest BCUT2D eigenvalue weighted by molar-refractivity contribution is 6.42. The van der Waals surface area contributed by atoms with Crippen LogP contribution in [0.1, 0.15) is 5.76 Å². The lowest BCUT2D eigenvalue weighted by Gasteiger charge is -2.08. The molecular weight excluding hydrogens is 477 g/mol. The van der Waals surface area contributed by atoms with E-state index in [2.05, 4.69) is 15.8 Å². The van der Waals surface area contributed by atoms with E-state index in [9.17, 15) is 9.59 Å². The number of nitrogens with one attached hydrogen (secondary N) is 2. The van der Waals surface area contributed by atoms with Crippen LogP contribution in [0.4, 0.5) is 0 Å². The van der Waals surface area contributed by atoms with Crippen LogP contribution in [0.2, 0.25) is 10.0 Å². The fourth-order valence-electron chi connectivity index (χ4n) is 3.07. The fraction of sp³-hybridized carbons (Fsp3) is 0.0800. The van der Waals surface area contributed by atoms with Crippen molar-refractivity contribution >= 4 is 52.0 Å². The van der Waals surface area contributed by atoms with E-state index in [0.29, 0.717) is 27.3 Å². The summed E-state index contributed by atoms with van der Waals surface area (Å²) < 4.78 is 11.2. The van der Waals surface area contributed by atoms with Crippen molar-refractivity contribution in [2.75, 3.05) is 13.2 Å². The standard InChI is InChI=1S/C25H19Cl2N3O4/c26-21-9-6-18(12-22(21)27)23-10-8-20(34-23)13-29-30-24(31)14-28-25(32)15-33-19-7-5-16-3-1-2-4-17(16)11-19/h1-13H,14-15H2,(H,28,32)(H,30,31)/b29-13-. The highest BCUT2D eigenvalue weighted by atomic mass is 35.5. The lowest BCUT2D eigenvalue weighted by atomic mass is 10.1. The molecule has 7 nitrogen and oxygen atoms in total. The summed E-state index contributed by atoms with van der Waals surface area (Å²) in [5.74, 6) is 0.650. The first-order valence-corrected chi connectivity index (χ1v) is 11.0. The first-order chi connectivity index (χ1) is 16.5. The van der Waals surface area contributed by atoms with Crippen molar-refractivity contribution in [1.29, 1.82) is 0 Å². The SMILES string of the molecule is O=C(COc1ccc2ccccc2c1)NCC(=O)N/N=C\c1ccc(-c2ccc(Cl)c(Cl)c2)o1. The number of amides is 2. The number of hydrogen-bond donors (Lipinski definition) is 2. The van der Waals surface area contributed by atoms with Crippen LogP contribution >= 0.6 is 23.2 Å². The topological polar surface area (TPSA) is 92.9 Å². The van der Waals surface area contributed by atoms with Crippen molar-refractivity contribution in [3.8, 4) is 17.1 Å². The number of fused-ring (bicyclic) bond motifs is 1. The molecule has 0 bridgehead atoms. The number of halogens is 2. The Morgan fingerprint density at radius 2 is 1.74 bits per heavy atom. The van der Waals surface area contributed by atoms with E-state index in [1.165, 1.54) is 6.21 Å². The van der Waals surface area contributed by atoms with Gasteiger partial charge in [-0.2, -0.15) is 5.10 Å². The van der Waals surface area contributed by atoms with Gasteiger partial charge in [-0.05, 0) is 53.2 Å². The molecule has 0 saturated heterocycles. The third kappa shape index (κ3) is 6.15. The molecule has 0 fully saturated rings. The van der Waals surface area contributed by atoms with Crippen LogP contribution in [0, 0.1) is 0 Å². The smallest absolute Gasteiger partial charge is 0.259 e. The largest absolute Gasteiger partial charge is 0.484 e. The molecule has 2 amide bonds. The van der Waals surface area contributed by atoms with Gasteiger partial charge < -0.3 is 14.5 Å². The maximum atomic E-state index is 12.0. The summed E-state index contributed by atoms with van der Waals surface area (Å²) in [7, 11) is 0. The Morgan fingerprint density at radius 1 is 0.912 bits per heavy atom. The summed E-state index contributed by atoms with van der Waals surface area (Å²) in [6, 6.07) is 22.0. The first-order valence-electron chi connectivity index (χ1n) is 10.2. The maximum absolute atomic E-state index is 12.0. The quantitative estimate of drug-likeness (QED) is 0.264. The van der Waals surface area contributed by atoms with E-state index < -0.39 is 11.8 Å². The molecule has 4 rings (SSSR count). The second kappa shape index (κ2) is 10.9. The molecule has 34 heavy (non-hydrogen) atoms. The van der Waals surface area contributed by atoms with Gasteiger partial charge >= 0.3 is 0 Å². The maximum Gasteiger partial charge on any atom is 0.259 e. The number of rotatable bonds is 8. The average molecular weight is 496 g/mol. The van der Waals surface area contributed by atoms with Crippen LogP contribution in [0.3, 0.4) is 0 Å². The first kappa shape index (κ1) is 23.4. The fourth-order valence-corrected chi connectivity index (χ4v) is 3.37. The molecule has 2 N–H and O–H groups in total. The zero-order valence-corrected chi connectivity index (χ0v) is 19.3. The number of ether oxygens (including phenoxy) is 1. The lowest BCUT2D eigenvalue weighted by Crippen LogP contribution is -2.37. The third-order valence-electron chi connectivity index (χ3n) is 4.75. The molecule has 9 heteroatoms. The zero-order chi connectivity index (χ0) is 23.9. The molecule has 4 aromatic rings. The minimum Gasteiger partial charge on any atom is -0.484 e. The van der Waals surface area contributed by atoms with Gasteiger partial charge in [-0.1, -0.05) is 53.5 Å². The monoisotopic (exact) mass is 495 g/mol. The predicted octanol–water partition coefficient (Wildman–Crippen LogP) is 5.05. The van der Waals surface area contributed by atoms with Gasteiger partial charge in [0.25, 0.3) is 11.8 Å². The van der Waals surface area contributed by atoms with Crippen molar-refractivity contribution in [2.45, 2.75) is 0 Å². The van der Waals surface area contributed by atoms with Gasteiger partial charge in [-0.15, -0.1) is 0 Å². The average Bonchev–Trinajstić information content (AvgIpc) is 3.32. The number of carbonyl (C=O) groups excluding carboxylic acids is 2. The molecular formula is C25H19Cl2N3O4. The number of hydrogen-bond acceptors (Lipinski definition) is 5. The Balaban J connectivity index is 1.20. The van der Waals surface area contributed by atoms with Crippen LogP contribution < -0.4 is 15.5 Å². The molecule has 0 radical (unpaired) electrons. The molecule has 0 unspecified atom stereocenters. The summed E-state index contributed by atoms with van der Waals surface area (Å²) >= 11 is 12.0. The van der Waals surface area contributed by atoms with Gasteiger partial charge in [-0.25, -0.2) is 5.43 Å². The minimum absolute atomic E-state index is 0.210. The number of carbonyl (C=O) groups is 2. The number of benzene rings is 3. The highest BCUT2D eigenvalue weighted by Crippen LogP contribution is 2.29. The van der Waals surface area contributed by atoms with E-state index in [1.54, 1.807) is 36.4 Å². The van der Waals surface area contributed by atoms with Crippen LogP contribution in [0.25, 0.3) is 22.1 Å². The van der Waals surface area contributed by atoms with E-state index in [4.69, 9.17) is 32.4 Å². The van der Waals surface area contributed by atoms with Crippen LogP contribution in [-0.4, -0.2) is 31.2 Å². The predicted molar refractivity (Wildman–Crippen MR) is 132 cm³/mol. The Morgan fingerprint density at radius 3 is 2.56 bits per heavy atom. The summed E-state index contributed by atoms with van der Waals surface area (Å²) in [5, 5.41) is 9.27. The summed E-state index contributed by atoms with van der Waals surface area (Å²) in [6.07, 6.45) is 1.35. The van der Waals surface area contributed by atoms with Crippen molar-refractivity contribution < 1.29 is 18.7 Å². The second-order valence-corrected chi connectivity index (χ2v) is 8.01. The molecule has 0 saturated carbocycles. The van der Waals surface area contributed by atoms with E-state index in [1.807, 2.05) is 36.4 Å². The van der Waals surface area contributed by atoms with Crippen LogP contribution in [0.15, 0.2) is 82.3 Å². The summed E-state index contributed by atoms with van der Waals surface area (Å²) in [4.78, 5) is 23.9. The Kier molecular flexibility index (Phi) is 7.47. The zero-order valence-electron chi connectivity index (χ0n) is 17.8. The molecule has 0 aliphatic carbocycles. The van der Waals surface area contributed by atoms with Crippen molar-refractivity contribution in [1.82, 2.24) is 10.7 Å². The number of hydrazone groups is 1. The Labute approximate surface area is 205 Å². The molecule has 1 heterocycles. The molecule has 1 aromatic heterocycles. The van der Waals surface area contributed by atoms with Crippen LogP contribution in [0.5, 0.6) is 5.75 Å². The van der Waals surface area contributed by atoms with Crippen molar-refractivity contribution in [3.05, 3.63) is 88.6 Å². The normalized spacial score (nSPS) is 11.0. The van der Waals surface area contributed by atoms with Gasteiger partial charge in [0.2, 0.25) is 0 Å². The summed E-state index contributed by atoms with van der Waals surface area (Å²) in [6.45, 7) is -0.456. The van der Waals surface area contributed by atoms with Crippen LogP contribution in [-0.2, 0) is 9.59 Å². The second-order valence-electron chi connectivity index (χ2n) is 7.20. The summed E-state index contributed by atoms with van der Waals surface area (Å²) in [5.41, 5.74) is 3.08. The van der Waals surface area contributed by atoms with Crippen molar-refractivity contribution in [3.63, 3.8) is 0 Å². The Bertz CT molecular complexity index is 1370. The molecule has 0 spiro atoms. The van der Waals surface area contributed by atoms with Gasteiger partial charge in [0.1, 0.15) is 17.3 Å². The highest BCUT2D eigenvalue weighted by Gasteiger charge is 2.08. The molecule has 172 valence electrons. The van der Waals surface area contributed by atoms with Gasteiger partial charge in [-0.3, -0.25) is 9.59 Å². The molecule has 3 aromatic carbocycles. The Hall–Kier alpha value is -3.81.